The van der Waals surface area contributed by atoms with Crippen molar-refractivity contribution in [1.82, 2.24) is 0 Å². The van der Waals surface area contributed by atoms with Crippen LogP contribution in [0, 0.1) is 17.8 Å². The Kier molecular flexibility index (Phi) is 5.31. The van der Waals surface area contributed by atoms with E-state index < -0.39 is 5.60 Å². The molecule has 0 unspecified atom stereocenters. The van der Waals surface area contributed by atoms with Crippen LogP contribution in [0.3, 0.4) is 0 Å². The summed E-state index contributed by atoms with van der Waals surface area (Å²) in [5, 5.41) is 9.78. The minimum Gasteiger partial charge on any atom is -0.489 e. The monoisotopic (exact) mass is 336 g/mol. The Morgan fingerprint density at radius 3 is 2.48 bits per heavy atom. The molecule has 0 radical (unpaired) electrons. The summed E-state index contributed by atoms with van der Waals surface area (Å²) in [7, 11) is 0. The first-order valence-electron chi connectivity index (χ1n) is 8.69. The summed E-state index contributed by atoms with van der Waals surface area (Å²) in [6, 6.07) is 15.7. The summed E-state index contributed by atoms with van der Waals surface area (Å²) in [6.45, 7) is 4.54. The smallest absolute Gasteiger partial charge is 0.162 e. The van der Waals surface area contributed by atoms with E-state index in [0.29, 0.717) is 18.3 Å². The third-order valence-corrected chi connectivity index (χ3v) is 3.87. The molecule has 3 heteroatoms. The van der Waals surface area contributed by atoms with Gasteiger partial charge in [0.15, 0.2) is 11.5 Å². The Hall–Kier alpha value is -2.44. The molecule has 0 heterocycles. The number of benzene rings is 2. The largest absolute Gasteiger partial charge is 0.489 e. The molecule has 0 atom stereocenters. The van der Waals surface area contributed by atoms with Crippen molar-refractivity contribution in [2.24, 2.45) is 5.92 Å². The Balaban J connectivity index is 1.77. The number of ether oxygens (including phenoxy) is 2. The fraction of sp³-hybridized carbons (Fsp3) is 0.364. The molecule has 3 nitrogen and oxygen atoms in total. The Morgan fingerprint density at radius 2 is 1.80 bits per heavy atom. The van der Waals surface area contributed by atoms with Crippen LogP contribution in [0.1, 0.15) is 37.8 Å². The van der Waals surface area contributed by atoms with Crippen LogP contribution < -0.4 is 9.47 Å². The second-order valence-corrected chi connectivity index (χ2v) is 7.00. The van der Waals surface area contributed by atoms with Crippen LogP contribution in [-0.4, -0.2) is 17.3 Å². The number of hydrogen-bond donors (Lipinski definition) is 1. The molecule has 1 saturated carbocycles. The van der Waals surface area contributed by atoms with Gasteiger partial charge < -0.3 is 14.6 Å². The maximum Gasteiger partial charge on any atom is 0.162 e. The molecule has 0 aromatic heterocycles. The first-order chi connectivity index (χ1) is 12.0. The van der Waals surface area contributed by atoms with Crippen LogP contribution >= 0.6 is 0 Å². The first-order valence-corrected chi connectivity index (χ1v) is 8.69. The number of rotatable bonds is 6. The van der Waals surface area contributed by atoms with Gasteiger partial charge in [0.1, 0.15) is 12.2 Å². The molecule has 1 aliphatic rings. The van der Waals surface area contributed by atoms with E-state index in [0.717, 1.165) is 23.5 Å². The summed E-state index contributed by atoms with van der Waals surface area (Å²) >= 11 is 0. The zero-order chi connectivity index (χ0) is 17.7. The van der Waals surface area contributed by atoms with Crippen LogP contribution in [-0.2, 0) is 6.61 Å². The van der Waals surface area contributed by atoms with Gasteiger partial charge >= 0.3 is 0 Å². The average molecular weight is 336 g/mol. The van der Waals surface area contributed by atoms with Crippen molar-refractivity contribution in [2.75, 3.05) is 6.61 Å². The topological polar surface area (TPSA) is 38.7 Å². The van der Waals surface area contributed by atoms with Crippen molar-refractivity contribution in [3.8, 4) is 23.3 Å². The molecule has 3 rings (SSSR count). The van der Waals surface area contributed by atoms with Crippen molar-refractivity contribution in [1.29, 1.82) is 0 Å². The lowest BCUT2D eigenvalue weighted by molar-refractivity contribution is 0.143. The molecule has 0 aliphatic heterocycles. The van der Waals surface area contributed by atoms with Gasteiger partial charge in [-0.2, -0.15) is 0 Å². The molecular formula is C22H24O3. The van der Waals surface area contributed by atoms with Crippen LogP contribution in [0.2, 0.25) is 0 Å². The molecular weight excluding hydrogens is 312 g/mol. The molecule has 0 spiro atoms. The van der Waals surface area contributed by atoms with Gasteiger partial charge in [0.25, 0.3) is 0 Å². The highest BCUT2D eigenvalue weighted by Gasteiger charge is 2.22. The van der Waals surface area contributed by atoms with Crippen LogP contribution in [0.5, 0.6) is 11.5 Å². The van der Waals surface area contributed by atoms with E-state index in [1.807, 2.05) is 48.5 Å². The summed E-state index contributed by atoms with van der Waals surface area (Å²) < 4.78 is 11.9. The second-order valence-electron chi connectivity index (χ2n) is 7.00. The number of hydrogen-bond acceptors (Lipinski definition) is 3. The van der Waals surface area contributed by atoms with E-state index in [4.69, 9.17) is 9.47 Å². The SMILES string of the molecule is CC(C)(O)C#Cc1ccc(OCC2CC2)c(OCc2ccccc2)c1. The van der Waals surface area contributed by atoms with E-state index >= 15 is 0 Å². The molecule has 2 aromatic rings. The van der Waals surface area contributed by atoms with E-state index in [9.17, 15) is 5.11 Å². The van der Waals surface area contributed by atoms with Gasteiger partial charge in [-0.15, -0.1) is 0 Å². The van der Waals surface area contributed by atoms with Crippen molar-refractivity contribution < 1.29 is 14.6 Å². The van der Waals surface area contributed by atoms with Gasteiger partial charge in [0.05, 0.1) is 6.61 Å². The lowest BCUT2D eigenvalue weighted by Gasteiger charge is -2.13. The van der Waals surface area contributed by atoms with E-state index in [1.54, 1.807) is 13.8 Å². The minimum absolute atomic E-state index is 0.475. The quantitative estimate of drug-likeness (QED) is 0.805. The second kappa shape index (κ2) is 7.63. The fourth-order valence-corrected chi connectivity index (χ4v) is 2.27. The van der Waals surface area contributed by atoms with E-state index in [-0.39, 0.29) is 0 Å². The van der Waals surface area contributed by atoms with E-state index in [1.165, 1.54) is 12.8 Å². The third kappa shape index (κ3) is 5.85. The molecule has 0 saturated heterocycles. The van der Waals surface area contributed by atoms with Gasteiger partial charge in [0, 0.05) is 5.56 Å². The van der Waals surface area contributed by atoms with Gasteiger partial charge in [0.2, 0.25) is 0 Å². The summed E-state index contributed by atoms with van der Waals surface area (Å²) in [5.74, 6) is 7.93. The standard InChI is InChI=1S/C22H24O3/c1-22(2,23)13-12-17-10-11-20(24-16-19-8-9-19)21(14-17)25-15-18-6-4-3-5-7-18/h3-7,10-11,14,19,23H,8-9,15-16H2,1-2H3. The lowest BCUT2D eigenvalue weighted by atomic mass is 10.1. The number of aliphatic hydroxyl groups is 1. The fourth-order valence-electron chi connectivity index (χ4n) is 2.27. The van der Waals surface area contributed by atoms with Gasteiger partial charge in [-0.25, -0.2) is 0 Å². The molecule has 0 amide bonds. The lowest BCUT2D eigenvalue weighted by Crippen LogP contribution is -2.14. The van der Waals surface area contributed by atoms with Crippen molar-refractivity contribution in [3.63, 3.8) is 0 Å². The van der Waals surface area contributed by atoms with Crippen molar-refractivity contribution >= 4 is 0 Å². The van der Waals surface area contributed by atoms with Crippen molar-refractivity contribution in [3.05, 3.63) is 59.7 Å². The maximum atomic E-state index is 9.78. The highest BCUT2D eigenvalue weighted by atomic mass is 16.5. The predicted molar refractivity (Wildman–Crippen MR) is 98.6 cm³/mol. The van der Waals surface area contributed by atoms with Gasteiger partial charge in [-0.05, 0) is 56.4 Å². The van der Waals surface area contributed by atoms with Crippen LogP contribution in [0.4, 0.5) is 0 Å². The Labute approximate surface area is 149 Å². The third-order valence-electron chi connectivity index (χ3n) is 3.87. The molecule has 1 fully saturated rings. The summed E-state index contributed by atoms with van der Waals surface area (Å²) in [4.78, 5) is 0. The molecule has 2 aromatic carbocycles. The first kappa shape index (κ1) is 17.4. The molecule has 130 valence electrons. The van der Waals surface area contributed by atoms with Gasteiger partial charge in [-0.3, -0.25) is 0 Å². The molecule has 1 N–H and O–H groups in total. The Morgan fingerprint density at radius 1 is 1.04 bits per heavy atom. The molecule has 1 aliphatic carbocycles. The molecule has 0 bridgehead atoms. The highest BCUT2D eigenvalue weighted by Crippen LogP contribution is 2.33. The minimum atomic E-state index is -1.02. The summed E-state index contributed by atoms with van der Waals surface area (Å²) in [6.07, 6.45) is 2.49. The van der Waals surface area contributed by atoms with Crippen LogP contribution in [0.15, 0.2) is 48.5 Å². The zero-order valence-corrected chi connectivity index (χ0v) is 14.8. The predicted octanol–water partition coefficient (Wildman–Crippen LogP) is 4.18. The van der Waals surface area contributed by atoms with Crippen LogP contribution in [0.25, 0.3) is 0 Å². The molecule has 25 heavy (non-hydrogen) atoms. The summed E-state index contributed by atoms with van der Waals surface area (Å²) in [5.41, 5.74) is 0.874. The van der Waals surface area contributed by atoms with Gasteiger partial charge in [-0.1, -0.05) is 42.2 Å². The Bertz CT molecular complexity index is 759. The van der Waals surface area contributed by atoms with E-state index in [2.05, 4.69) is 11.8 Å². The highest BCUT2D eigenvalue weighted by molar-refractivity contribution is 5.49. The normalized spacial score (nSPS) is 13.7. The van der Waals surface area contributed by atoms with Crippen molar-refractivity contribution in [2.45, 2.75) is 38.9 Å². The maximum absolute atomic E-state index is 9.78. The average Bonchev–Trinajstić information content (AvgIpc) is 3.41. The zero-order valence-electron chi connectivity index (χ0n) is 14.8.